The highest BCUT2D eigenvalue weighted by Crippen LogP contribution is 2.27. The van der Waals surface area contributed by atoms with Crippen molar-refractivity contribution in [1.29, 1.82) is 0 Å². The normalized spacial score (nSPS) is 12.3. The van der Waals surface area contributed by atoms with Crippen LogP contribution in [0.15, 0.2) is 72.8 Å². The number of benzene rings is 2. The van der Waals surface area contributed by atoms with Gasteiger partial charge in [-0.2, -0.15) is 4.52 Å². The zero-order valence-electron chi connectivity index (χ0n) is 18.6. The second-order valence-corrected chi connectivity index (χ2v) is 8.12. The second kappa shape index (κ2) is 9.34. The van der Waals surface area contributed by atoms with Crippen LogP contribution in [0.3, 0.4) is 0 Å². The van der Waals surface area contributed by atoms with Crippen LogP contribution < -0.4 is 10.5 Å². The molecule has 7 heteroatoms. The number of hydrogen-bond acceptors (Lipinski definition) is 6. The highest BCUT2D eigenvalue weighted by Gasteiger charge is 2.14. The monoisotopic (exact) mass is 438 g/mol. The number of fused-ring (bicyclic) bond motifs is 3. The van der Waals surface area contributed by atoms with Gasteiger partial charge in [-0.15, -0.1) is 15.3 Å². The number of ether oxygens (including phenoxy) is 1. The molecule has 0 aliphatic heterocycles. The second-order valence-electron chi connectivity index (χ2n) is 8.12. The molecule has 5 rings (SSSR count). The maximum Gasteiger partial charge on any atom is 0.240 e. The van der Waals surface area contributed by atoms with Crippen molar-refractivity contribution in [2.75, 3.05) is 0 Å². The summed E-state index contributed by atoms with van der Waals surface area (Å²) in [5, 5.41) is 15.1. The summed E-state index contributed by atoms with van der Waals surface area (Å²) in [6, 6.07) is 24.2. The Hall–Kier alpha value is -3.84. The van der Waals surface area contributed by atoms with E-state index in [4.69, 9.17) is 15.5 Å². The Morgan fingerprint density at radius 3 is 2.42 bits per heavy atom. The van der Waals surface area contributed by atoms with Gasteiger partial charge in [0.25, 0.3) is 0 Å². The molecule has 0 bridgehead atoms. The van der Waals surface area contributed by atoms with E-state index in [1.165, 1.54) is 5.56 Å². The lowest BCUT2D eigenvalue weighted by molar-refractivity contribution is 0.288. The first-order valence-corrected chi connectivity index (χ1v) is 11.2. The van der Waals surface area contributed by atoms with E-state index in [0.717, 1.165) is 46.5 Å². The Morgan fingerprint density at radius 2 is 1.61 bits per heavy atom. The summed E-state index contributed by atoms with van der Waals surface area (Å²) in [4.78, 5) is 4.77. The van der Waals surface area contributed by atoms with Crippen molar-refractivity contribution in [3.8, 4) is 5.88 Å². The van der Waals surface area contributed by atoms with Gasteiger partial charge in [0.05, 0.1) is 5.69 Å². The highest BCUT2D eigenvalue weighted by molar-refractivity contribution is 5.96. The van der Waals surface area contributed by atoms with Crippen molar-refractivity contribution in [3.05, 3.63) is 95.6 Å². The average Bonchev–Trinajstić information content (AvgIpc) is 3.26. The molecular weight excluding hydrogens is 412 g/mol. The van der Waals surface area contributed by atoms with Crippen molar-refractivity contribution in [2.24, 2.45) is 5.73 Å². The number of pyridine rings is 1. The third-order valence-electron chi connectivity index (χ3n) is 5.64. The minimum atomic E-state index is 0.00490. The van der Waals surface area contributed by atoms with Gasteiger partial charge in [-0.3, -0.25) is 4.98 Å². The quantitative estimate of drug-likeness (QED) is 0.395. The minimum Gasteiger partial charge on any atom is -0.470 e. The van der Waals surface area contributed by atoms with E-state index in [9.17, 15) is 0 Å². The summed E-state index contributed by atoms with van der Waals surface area (Å²) in [5.74, 6) is 1.34. The third kappa shape index (κ3) is 4.54. The molecule has 0 radical (unpaired) electrons. The first-order chi connectivity index (χ1) is 16.2. The Morgan fingerprint density at radius 1 is 0.848 bits per heavy atom. The Labute approximate surface area is 192 Å². The van der Waals surface area contributed by atoms with Crippen LogP contribution in [-0.2, 0) is 25.9 Å². The van der Waals surface area contributed by atoms with Gasteiger partial charge in [0.1, 0.15) is 6.61 Å². The minimum absolute atomic E-state index is 0.00490. The molecule has 3 heterocycles. The fourth-order valence-electron chi connectivity index (χ4n) is 4.04. The third-order valence-corrected chi connectivity index (χ3v) is 5.64. The molecule has 3 aromatic heterocycles. The average molecular weight is 439 g/mol. The van der Waals surface area contributed by atoms with Crippen molar-refractivity contribution in [3.63, 3.8) is 0 Å². The van der Waals surface area contributed by atoms with Crippen molar-refractivity contribution >= 4 is 16.4 Å². The molecule has 0 spiro atoms. The summed E-state index contributed by atoms with van der Waals surface area (Å²) in [6.07, 6.45) is 2.26. The van der Waals surface area contributed by atoms with Gasteiger partial charge in [0, 0.05) is 35.3 Å². The zero-order chi connectivity index (χ0) is 22.6. The lowest BCUT2D eigenvalue weighted by atomic mass is 10.0. The van der Waals surface area contributed by atoms with Crippen LogP contribution in [0.4, 0.5) is 0 Å². The molecule has 33 heavy (non-hydrogen) atoms. The van der Waals surface area contributed by atoms with Crippen molar-refractivity contribution in [1.82, 2.24) is 24.8 Å². The van der Waals surface area contributed by atoms with Crippen LogP contribution in [-0.4, -0.2) is 30.8 Å². The number of aromatic nitrogens is 5. The van der Waals surface area contributed by atoms with Crippen LogP contribution in [0.25, 0.3) is 16.4 Å². The molecular formula is C26H26N6O. The Kier molecular flexibility index (Phi) is 5.95. The number of hydrogen-bond donors (Lipinski definition) is 1. The van der Waals surface area contributed by atoms with E-state index >= 15 is 0 Å². The molecule has 0 amide bonds. The summed E-state index contributed by atoms with van der Waals surface area (Å²) < 4.78 is 7.92. The van der Waals surface area contributed by atoms with E-state index in [1.54, 1.807) is 4.52 Å². The number of aryl methyl sites for hydroxylation is 1. The van der Waals surface area contributed by atoms with Crippen LogP contribution in [0.5, 0.6) is 5.88 Å². The lowest BCUT2D eigenvalue weighted by Crippen LogP contribution is -2.26. The van der Waals surface area contributed by atoms with Crippen LogP contribution in [0.2, 0.25) is 0 Å². The molecule has 0 saturated heterocycles. The predicted molar refractivity (Wildman–Crippen MR) is 128 cm³/mol. The van der Waals surface area contributed by atoms with Crippen molar-refractivity contribution < 1.29 is 4.74 Å². The maximum atomic E-state index is 6.39. The predicted octanol–water partition coefficient (Wildman–Crippen LogP) is 3.93. The zero-order valence-corrected chi connectivity index (χ0v) is 18.6. The lowest BCUT2D eigenvalue weighted by Gasteiger charge is -2.13. The molecule has 0 saturated carbocycles. The standard InChI is InChI=1S/C26H26N6O/c1-2-24-29-30-25-22-13-6-7-14-23(22)26(31-32(24)25)33-17-21-12-8-11-20(28-21)16-19(27)15-18-9-4-3-5-10-18/h3-14,19H,2,15-17,27H2,1H3. The summed E-state index contributed by atoms with van der Waals surface area (Å²) in [6.45, 7) is 2.35. The van der Waals surface area contributed by atoms with Gasteiger partial charge in [0.2, 0.25) is 5.88 Å². The first-order valence-electron chi connectivity index (χ1n) is 11.2. The van der Waals surface area contributed by atoms with Gasteiger partial charge in [0.15, 0.2) is 11.5 Å². The molecule has 0 aliphatic rings. The van der Waals surface area contributed by atoms with Crippen LogP contribution >= 0.6 is 0 Å². The van der Waals surface area contributed by atoms with E-state index in [1.807, 2.05) is 67.6 Å². The van der Waals surface area contributed by atoms with Gasteiger partial charge >= 0.3 is 0 Å². The van der Waals surface area contributed by atoms with Gasteiger partial charge in [-0.05, 0) is 30.2 Å². The SMILES string of the molecule is CCc1nnc2c3ccccc3c(OCc3cccc(CC(N)Cc4ccccc4)n3)nn12. The molecule has 1 unspecified atom stereocenters. The molecule has 2 aromatic carbocycles. The Bertz CT molecular complexity index is 1380. The van der Waals surface area contributed by atoms with E-state index in [-0.39, 0.29) is 6.04 Å². The van der Waals surface area contributed by atoms with E-state index < -0.39 is 0 Å². The van der Waals surface area contributed by atoms with Gasteiger partial charge in [-0.25, -0.2) is 0 Å². The first kappa shape index (κ1) is 21.0. The van der Waals surface area contributed by atoms with Gasteiger partial charge < -0.3 is 10.5 Å². The molecule has 0 aliphatic carbocycles. The number of nitrogens with zero attached hydrogens (tertiary/aromatic N) is 5. The number of rotatable bonds is 8. The molecule has 1 atom stereocenters. The largest absolute Gasteiger partial charge is 0.470 e. The highest BCUT2D eigenvalue weighted by atomic mass is 16.5. The van der Waals surface area contributed by atoms with Crippen LogP contribution in [0, 0.1) is 0 Å². The molecule has 7 nitrogen and oxygen atoms in total. The Balaban J connectivity index is 1.34. The van der Waals surface area contributed by atoms with E-state index in [0.29, 0.717) is 18.9 Å². The molecule has 0 fully saturated rings. The van der Waals surface area contributed by atoms with E-state index in [2.05, 4.69) is 27.4 Å². The molecule has 2 N–H and O–H groups in total. The summed E-state index contributed by atoms with van der Waals surface area (Å²) >= 11 is 0. The fourth-order valence-corrected chi connectivity index (χ4v) is 4.04. The molecule has 5 aromatic rings. The topological polar surface area (TPSA) is 91.2 Å². The maximum absolute atomic E-state index is 6.39. The van der Waals surface area contributed by atoms with Gasteiger partial charge in [-0.1, -0.05) is 61.5 Å². The smallest absolute Gasteiger partial charge is 0.240 e. The van der Waals surface area contributed by atoms with Crippen molar-refractivity contribution in [2.45, 2.75) is 38.8 Å². The fraction of sp³-hybridized carbons (Fsp3) is 0.231. The van der Waals surface area contributed by atoms with Crippen LogP contribution in [0.1, 0.15) is 29.7 Å². The summed E-state index contributed by atoms with van der Waals surface area (Å²) in [7, 11) is 0. The molecule has 166 valence electrons. The number of nitrogens with two attached hydrogens (primary N) is 1. The summed E-state index contributed by atoms with van der Waals surface area (Å²) in [5.41, 5.74) is 10.2.